The van der Waals surface area contributed by atoms with E-state index in [-0.39, 0.29) is 24.6 Å². The summed E-state index contributed by atoms with van der Waals surface area (Å²) in [4.78, 5) is 35.5. The van der Waals surface area contributed by atoms with Gasteiger partial charge in [-0.05, 0) is 6.92 Å². The summed E-state index contributed by atoms with van der Waals surface area (Å²) in [5, 5.41) is 2.60. The van der Waals surface area contributed by atoms with Crippen LogP contribution < -0.4 is 22.3 Å². The first-order chi connectivity index (χ1) is 7.54. The van der Waals surface area contributed by atoms with E-state index >= 15 is 0 Å². The Labute approximate surface area is 91.3 Å². The van der Waals surface area contributed by atoms with E-state index in [4.69, 9.17) is 5.73 Å². The molecule has 0 saturated heterocycles. The fourth-order valence-electron chi connectivity index (χ4n) is 1.20. The van der Waals surface area contributed by atoms with Crippen molar-refractivity contribution in [3.63, 3.8) is 0 Å². The molecule has 1 amide bonds. The number of H-pyrrole nitrogens is 1. The van der Waals surface area contributed by atoms with E-state index in [0.29, 0.717) is 6.54 Å². The molecule has 0 aliphatic carbocycles. The van der Waals surface area contributed by atoms with Crippen LogP contribution in [0.2, 0.25) is 0 Å². The molecular formula is C9H14N4O3. The lowest BCUT2D eigenvalue weighted by atomic mass is 10.4. The molecule has 0 aliphatic rings. The number of hydrogen-bond donors (Lipinski definition) is 3. The summed E-state index contributed by atoms with van der Waals surface area (Å²) in [5.74, 6) is -0.154. The second-order valence-corrected chi connectivity index (χ2v) is 3.24. The van der Waals surface area contributed by atoms with Crippen LogP contribution in [0.3, 0.4) is 0 Å². The highest BCUT2D eigenvalue weighted by Gasteiger charge is 2.04. The van der Waals surface area contributed by atoms with E-state index in [9.17, 15) is 14.4 Å². The molecule has 88 valence electrons. The first-order valence-corrected chi connectivity index (χ1v) is 4.90. The summed E-state index contributed by atoms with van der Waals surface area (Å²) < 4.78 is 1.20. The monoisotopic (exact) mass is 226 g/mol. The molecule has 7 nitrogen and oxygen atoms in total. The fourth-order valence-corrected chi connectivity index (χ4v) is 1.20. The molecule has 4 N–H and O–H groups in total. The van der Waals surface area contributed by atoms with Crippen LogP contribution in [0, 0.1) is 0 Å². The summed E-state index contributed by atoms with van der Waals surface area (Å²) in [6, 6.07) is 0. The maximum atomic E-state index is 11.3. The van der Waals surface area contributed by atoms with Crippen molar-refractivity contribution in [2.75, 3.05) is 12.3 Å². The van der Waals surface area contributed by atoms with Crippen molar-refractivity contribution < 1.29 is 4.79 Å². The Balaban J connectivity index is 2.75. The van der Waals surface area contributed by atoms with Gasteiger partial charge in [-0.3, -0.25) is 19.1 Å². The Morgan fingerprint density at radius 1 is 1.56 bits per heavy atom. The van der Waals surface area contributed by atoms with Crippen LogP contribution in [0.25, 0.3) is 0 Å². The first-order valence-electron chi connectivity index (χ1n) is 4.90. The number of aryl methyl sites for hydroxylation is 1. The summed E-state index contributed by atoms with van der Waals surface area (Å²) in [5.41, 5.74) is 4.13. The highest BCUT2D eigenvalue weighted by Crippen LogP contribution is 1.90. The Bertz CT molecular complexity index is 488. The van der Waals surface area contributed by atoms with E-state index in [1.165, 1.54) is 10.8 Å². The van der Waals surface area contributed by atoms with E-state index < -0.39 is 11.2 Å². The quantitative estimate of drug-likeness (QED) is 0.589. The largest absolute Gasteiger partial charge is 0.393 e. The van der Waals surface area contributed by atoms with E-state index in [2.05, 4.69) is 10.3 Å². The van der Waals surface area contributed by atoms with Gasteiger partial charge in [0.15, 0.2) is 0 Å². The number of nitrogen functional groups attached to an aromatic ring is 1. The second-order valence-electron chi connectivity index (χ2n) is 3.24. The van der Waals surface area contributed by atoms with Crippen molar-refractivity contribution in [1.29, 1.82) is 0 Å². The molecule has 7 heteroatoms. The summed E-state index contributed by atoms with van der Waals surface area (Å²) in [6.07, 6.45) is 1.40. The van der Waals surface area contributed by atoms with Crippen molar-refractivity contribution in [3.8, 4) is 0 Å². The van der Waals surface area contributed by atoms with Gasteiger partial charge in [0.2, 0.25) is 5.91 Å². The van der Waals surface area contributed by atoms with Crippen molar-refractivity contribution in [1.82, 2.24) is 14.9 Å². The van der Waals surface area contributed by atoms with Gasteiger partial charge in [-0.25, -0.2) is 4.79 Å². The number of rotatable bonds is 4. The van der Waals surface area contributed by atoms with Crippen molar-refractivity contribution in [2.24, 2.45) is 0 Å². The number of aromatic amines is 1. The summed E-state index contributed by atoms with van der Waals surface area (Å²) >= 11 is 0. The Hall–Kier alpha value is -2.05. The standard InChI is InChI=1S/C9H14N4O3/c1-2-11-7(14)3-4-13-5-6(10)8(15)12-9(13)16/h5H,2-4,10H2,1H3,(H,11,14)(H,12,15,16). The number of nitrogens with one attached hydrogen (secondary N) is 2. The van der Waals surface area contributed by atoms with Gasteiger partial charge in [0.25, 0.3) is 5.56 Å². The Kier molecular flexibility index (Phi) is 3.87. The molecular weight excluding hydrogens is 212 g/mol. The minimum atomic E-state index is -0.612. The van der Waals surface area contributed by atoms with Gasteiger partial charge in [-0.1, -0.05) is 0 Å². The molecule has 0 fully saturated rings. The fraction of sp³-hybridized carbons (Fsp3) is 0.444. The maximum absolute atomic E-state index is 11.3. The maximum Gasteiger partial charge on any atom is 0.328 e. The second kappa shape index (κ2) is 5.15. The minimum absolute atomic E-state index is 0.0458. The van der Waals surface area contributed by atoms with Crippen molar-refractivity contribution in [2.45, 2.75) is 19.9 Å². The molecule has 0 aliphatic heterocycles. The Morgan fingerprint density at radius 3 is 2.88 bits per heavy atom. The number of hydrogen-bond acceptors (Lipinski definition) is 4. The van der Waals surface area contributed by atoms with Crippen LogP contribution in [0.4, 0.5) is 5.69 Å². The van der Waals surface area contributed by atoms with Gasteiger partial charge in [0.05, 0.1) is 0 Å². The zero-order chi connectivity index (χ0) is 12.1. The molecule has 0 saturated carbocycles. The SMILES string of the molecule is CCNC(=O)CCn1cc(N)c(=O)[nH]c1=O. The van der Waals surface area contributed by atoms with E-state index in [0.717, 1.165) is 0 Å². The van der Waals surface area contributed by atoms with Gasteiger partial charge in [0, 0.05) is 25.7 Å². The molecule has 0 radical (unpaired) electrons. The molecule has 16 heavy (non-hydrogen) atoms. The number of nitrogens with two attached hydrogens (primary N) is 1. The number of amides is 1. The van der Waals surface area contributed by atoms with Crippen molar-refractivity contribution in [3.05, 3.63) is 27.0 Å². The van der Waals surface area contributed by atoms with Gasteiger partial charge >= 0.3 is 5.69 Å². The summed E-state index contributed by atoms with van der Waals surface area (Å²) in [7, 11) is 0. The third kappa shape index (κ3) is 2.97. The minimum Gasteiger partial charge on any atom is -0.393 e. The smallest absolute Gasteiger partial charge is 0.328 e. The predicted molar refractivity (Wildman–Crippen MR) is 59.0 cm³/mol. The molecule has 0 spiro atoms. The normalized spacial score (nSPS) is 10.1. The van der Waals surface area contributed by atoms with E-state index in [1.807, 2.05) is 6.92 Å². The number of carbonyl (C=O) groups is 1. The van der Waals surface area contributed by atoms with Crippen LogP contribution >= 0.6 is 0 Å². The highest BCUT2D eigenvalue weighted by atomic mass is 16.2. The zero-order valence-corrected chi connectivity index (χ0v) is 8.95. The van der Waals surface area contributed by atoms with Gasteiger partial charge < -0.3 is 11.1 Å². The van der Waals surface area contributed by atoms with Gasteiger partial charge in [-0.2, -0.15) is 0 Å². The molecule has 0 atom stereocenters. The predicted octanol–water partition coefficient (Wildman–Crippen LogP) is -1.35. The molecule has 1 heterocycles. The van der Waals surface area contributed by atoms with Crippen LogP contribution in [0.15, 0.2) is 15.8 Å². The summed E-state index contributed by atoms with van der Waals surface area (Å²) in [6.45, 7) is 2.54. The van der Waals surface area contributed by atoms with Crippen molar-refractivity contribution >= 4 is 11.6 Å². The Morgan fingerprint density at radius 2 is 2.25 bits per heavy atom. The lowest BCUT2D eigenvalue weighted by Crippen LogP contribution is -2.32. The van der Waals surface area contributed by atoms with Crippen LogP contribution in [0.1, 0.15) is 13.3 Å². The number of aromatic nitrogens is 2. The topological polar surface area (TPSA) is 110 Å². The zero-order valence-electron chi connectivity index (χ0n) is 8.95. The molecule has 0 aromatic carbocycles. The first kappa shape index (κ1) is 12.0. The lowest BCUT2D eigenvalue weighted by molar-refractivity contribution is -0.121. The van der Waals surface area contributed by atoms with Crippen LogP contribution in [-0.4, -0.2) is 22.0 Å². The number of carbonyl (C=O) groups excluding carboxylic acids is 1. The third-order valence-electron chi connectivity index (χ3n) is 1.99. The lowest BCUT2D eigenvalue weighted by Gasteiger charge is -2.05. The number of nitrogens with zero attached hydrogens (tertiary/aromatic N) is 1. The molecule has 1 aromatic rings. The van der Waals surface area contributed by atoms with E-state index in [1.54, 1.807) is 0 Å². The molecule has 1 rings (SSSR count). The van der Waals surface area contributed by atoms with Gasteiger partial charge in [0.1, 0.15) is 5.69 Å². The van der Waals surface area contributed by atoms with Crippen LogP contribution in [-0.2, 0) is 11.3 Å². The third-order valence-corrected chi connectivity index (χ3v) is 1.99. The molecule has 1 aromatic heterocycles. The average Bonchev–Trinajstić information content (AvgIpc) is 2.22. The van der Waals surface area contributed by atoms with Gasteiger partial charge in [-0.15, -0.1) is 0 Å². The van der Waals surface area contributed by atoms with Crippen LogP contribution in [0.5, 0.6) is 0 Å². The molecule has 0 unspecified atom stereocenters. The molecule has 0 bridgehead atoms. The average molecular weight is 226 g/mol. The number of anilines is 1. The highest BCUT2D eigenvalue weighted by molar-refractivity contribution is 5.75.